The molecule has 1 aromatic carbocycles. The third-order valence-electron chi connectivity index (χ3n) is 4.04. The fourth-order valence-corrected chi connectivity index (χ4v) is 3.17. The highest BCUT2D eigenvalue weighted by Crippen LogP contribution is 2.23. The summed E-state index contributed by atoms with van der Waals surface area (Å²) in [6.07, 6.45) is 3.76. The summed E-state index contributed by atoms with van der Waals surface area (Å²) in [6.45, 7) is 7.58. The quantitative estimate of drug-likeness (QED) is 0.819. The summed E-state index contributed by atoms with van der Waals surface area (Å²) >= 11 is 6.28. The Balaban J connectivity index is 1.89. The van der Waals surface area contributed by atoms with Crippen molar-refractivity contribution in [3.05, 3.63) is 34.3 Å². The van der Waals surface area contributed by atoms with Gasteiger partial charge >= 0.3 is 0 Å². The van der Waals surface area contributed by atoms with Gasteiger partial charge in [0.15, 0.2) is 0 Å². The smallest absolute Gasteiger partial charge is 0.0992 e. The minimum atomic E-state index is 0.629. The van der Waals surface area contributed by atoms with Crippen LogP contribution in [-0.4, -0.2) is 31.1 Å². The Morgan fingerprint density at radius 1 is 1.48 bits per heavy atom. The van der Waals surface area contributed by atoms with E-state index in [1.54, 1.807) is 6.07 Å². The van der Waals surface area contributed by atoms with E-state index in [2.05, 4.69) is 23.2 Å². The van der Waals surface area contributed by atoms with Crippen LogP contribution in [0.4, 0.5) is 0 Å². The molecule has 4 heteroatoms. The summed E-state index contributed by atoms with van der Waals surface area (Å²) in [7, 11) is 0. The van der Waals surface area contributed by atoms with Crippen LogP contribution in [0.3, 0.4) is 0 Å². The predicted octanol–water partition coefficient (Wildman–Crippen LogP) is 3.42. The minimum Gasteiger partial charge on any atom is -0.316 e. The fraction of sp³-hybridized carbons (Fsp3) is 0.588. The zero-order valence-electron chi connectivity index (χ0n) is 12.7. The van der Waals surface area contributed by atoms with Crippen molar-refractivity contribution in [1.29, 1.82) is 5.26 Å². The molecule has 1 saturated heterocycles. The van der Waals surface area contributed by atoms with Crippen molar-refractivity contribution in [2.45, 2.75) is 32.7 Å². The topological polar surface area (TPSA) is 39.1 Å². The molecule has 114 valence electrons. The lowest BCUT2D eigenvalue weighted by atomic mass is 9.97. The van der Waals surface area contributed by atoms with Gasteiger partial charge < -0.3 is 5.32 Å². The number of nitrogens with zero attached hydrogens (tertiary/aromatic N) is 2. The third kappa shape index (κ3) is 5.00. The van der Waals surface area contributed by atoms with Crippen LogP contribution in [0.5, 0.6) is 0 Å². The van der Waals surface area contributed by atoms with Crippen molar-refractivity contribution < 1.29 is 0 Å². The van der Waals surface area contributed by atoms with Crippen LogP contribution >= 0.6 is 11.6 Å². The van der Waals surface area contributed by atoms with E-state index in [1.807, 2.05) is 12.1 Å². The van der Waals surface area contributed by atoms with Gasteiger partial charge in [-0.15, -0.1) is 0 Å². The zero-order valence-corrected chi connectivity index (χ0v) is 13.5. The van der Waals surface area contributed by atoms with Crippen molar-refractivity contribution in [3.8, 4) is 6.07 Å². The summed E-state index contributed by atoms with van der Waals surface area (Å²) in [4.78, 5) is 2.48. The van der Waals surface area contributed by atoms with Gasteiger partial charge in [0.25, 0.3) is 0 Å². The molecule has 0 spiro atoms. The molecule has 0 aliphatic carbocycles. The number of nitrogens with one attached hydrogen (secondary N) is 1. The first-order valence-electron chi connectivity index (χ1n) is 7.84. The van der Waals surface area contributed by atoms with Gasteiger partial charge in [-0.05, 0) is 62.5 Å². The van der Waals surface area contributed by atoms with Crippen LogP contribution in [0.15, 0.2) is 18.2 Å². The van der Waals surface area contributed by atoms with E-state index in [-0.39, 0.29) is 0 Å². The van der Waals surface area contributed by atoms with Crippen molar-refractivity contribution in [3.63, 3.8) is 0 Å². The van der Waals surface area contributed by atoms with Gasteiger partial charge in [0.1, 0.15) is 0 Å². The maximum atomic E-state index is 8.89. The van der Waals surface area contributed by atoms with Crippen molar-refractivity contribution in [1.82, 2.24) is 10.2 Å². The summed E-state index contributed by atoms with van der Waals surface area (Å²) in [6, 6.07) is 7.73. The number of likely N-dealkylation sites (tertiary alicyclic amines) is 1. The summed E-state index contributed by atoms with van der Waals surface area (Å²) in [5.41, 5.74) is 1.75. The molecule has 1 fully saturated rings. The van der Waals surface area contributed by atoms with Crippen LogP contribution < -0.4 is 5.32 Å². The van der Waals surface area contributed by atoms with E-state index in [1.165, 1.54) is 19.3 Å². The molecule has 0 bridgehead atoms. The number of hydrogen-bond acceptors (Lipinski definition) is 3. The molecular weight excluding hydrogens is 282 g/mol. The SMILES string of the molecule is CCCNCC1CCCN(Cc2ccc(C#N)cc2Cl)C1. The van der Waals surface area contributed by atoms with E-state index in [0.717, 1.165) is 44.2 Å². The van der Waals surface area contributed by atoms with Crippen LogP contribution in [0.1, 0.15) is 37.3 Å². The minimum absolute atomic E-state index is 0.629. The average Bonchev–Trinajstić information content (AvgIpc) is 2.50. The Bertz CT molecular complexity index is 495. The second-order valence-corrected chi connectivity index (χ2v) is 6.27. The molecule has 0 radical (unpaired) electrons. The number of nitriles is 1. The summed E-state index contributed by atoms with van der Waals surface area (Å²) in [5, 5.41) is 13.1. The van der Waals surface area contributed by atoms with E-state index in [0.29, 0.717) is 10.6 Å². The number of piperidine rings is 1. The molecule has 1 N–H and O–H groups in total. The Morgan fingerprint density at radius 2 is 2.33 bits per heavy atom. The van der Waals surface area contributed by atoms with Crippen LogP contribution in [0, 0.1) is 17.2 Å². The zero-order chi connectivity index (χ0) is 15.1. The van der Waals surface area contributed by atoms with Gasteiger partial charge in [-0.25, -0.2) is 0 Å². The van der Waals surface area contributed by atoms with Crippen LogP contribution in [0.25, 0.3) is 0 Å². The normalized spacial score (nSPS) is 19.4. The van der Waals surface area contributed by atoms with Gasteiger partial charge in [-0.1, -0.05) is 24.6 Å². The molecule has 1 aliphatic heterocycles. The molecule has 0 aromatic heterocycles. The monoisotopic (exact) mass is 305 g/mol. The highest BCUT2D eigenvalue weighted by Gasteiger charge is 2.20. The van der Waals surface area contributed by atoms with Crippen molar-refractivity contribution in [2.24, 2.45) is 5.92 Å². The van der Waals surface area contributed by atoms with E-state index >= 15 is 0 Å². The van der Waals surface area contributed by atoms with E-state index in [9.17, 15) is 0 Å². The van der Waals surface area contributed by atoms with Crippen LogP contribution in [-0.2, 0) is 6.54 Å². The molecule has 0 amide bonds. The second-order valence-electron chi connectivity index (χ2n) is 5.87. The lowest BCUT2D eigenvalue weighted by molar-refractivity contribution is 0.165. The molecule has 21 heavy (non-hydrogen) atoms. The lowest BCUT2D eigenvalue weighted by Crippen LogP contribution is -2.39. The molecular formula is C17H24ClN3. The molecule has 1 atom stereocenters. The number of hydrogen-bond donors (Lipinski definition) is 1. The first-order valence-corrected chi connectivity index (χ1v) is 8.22. The Kier molecular flexibility index (Phi) is 6.50. The van der Waals surface area contributed by atoms with Crippen molar-refractivity contribution in [2.75, 3.05) is 26.2 Å². The van der Waals surface area contributed by atoms with Crippen molar-refractivity contribution >= 4 is 11.6 Å². The van der Waals surface area contributed by atoms with Crippen LogP contribution in [0.2, 0.25) is 5.02 Å². The van der Waals surface area contributed by atoms with Gasteiger partial charge in [-0.3, -0.25) is 4.90 Å². The molecule has 3 nitrogen and oxygen atoms in total. The van der Waals surface area contributed by atoms with Gasteiger partial charge in [0.2, 0.25) is 0 Å². The van der Waals surface area contributed by atoms with E-state index < -0.39 is 0 Å². The number of benzene rings is 1. The molecule has 1 aliphatic rings. The Labute approximate surface area is 132 Å². The predicted molar refractivity (Wildman–Crippen MR) is 87.3 cm³/mol. The first kappa shape index (κ1) is 16.3. The first-order chi connectivity index (χ1) is 10.2. The highest BCUT2D eigenvalue weighted by molar-refractivity contribution is 6.31. The van der Waals surface area contributed by atoms with E-state index in [4.69, 9.17) is 16.9 Å². The molecule has 1 unspecified atom stereocenters. The Morgan fingerprint density at radius 3 is 3.05 bits per heavy atom. The molecule has 1 aromatic rings. The lowest BCUT2D eigenvalue weighted by Gasteiger charge is -2.33. The third-order valence-corrected chi connectivity index (χ3v) is 4.39. The standard InChI is InChI=1S/C17H24ClN3/c1-2-7-20-11-15-4-3-8-21(12-15)13-16-6-5-14(10-19)9-17(16)18/h5-6,9,15,20H,2-4,7-8,11-13H2,1H3. The summed E-state index contributed by atoms with van der Waals surface area (Å²) in [5.74, 6) is 0.738. The van der Waals surface area contributed by atoms with Gasteiger partial charge in [0, 0.05) is 18.1 Å². The molecule has 2 rings (SSSR count). The molecule has 1 heterocycles. The Hall–Kier alpha value is -1.08. The largest absolute Gasteiger partial charge is 0.316 e. The second kappa shape index (κ2) is 8.38. The number of rotatable bonds is 6. The molecule has 0 saturated carbocycles. The number of halogens is 1. The van der Waals surface area contributed by atoms with Gasteiger partial charge in [-0.2, -0.15) is 5.26 Å². The highest BCUT2D eigenvalue weighted by atomic mass is 35.5. The average molecular weight is 306 g/mol. The maximum absolute atomic E-state index is 8.89. The fourth-order valence-electron chi connectivity index (χ4n) is 2.93. The van der Waals surface area contributed by atoms with Gasteiger partial charge in [0.05, 0.1) is 11.6 Å². The maximum Gasteiger partial charge on any atom is 0.0992 e. The summed E-state index contributed by atoms with van der Waals surface area (Å²) < 4.78 is 0.